The van der Waals surface area contributed by atoms with Crippen molar-refractivity contribution in [3.63, 3.8) is 0 Å². The van der Waals surface area contributed by atoms with Crippen LogP contribution in [0.2, 0.25) is 0 Å². The number of carbonyl (C=O) groups is 1. The molecule has 16 heavy (non-hydrogen) atoms. The molecule has 84 valence electrons. The van der Waals surface area contributed by atoms with Crippen LogP contribution in [0.3, 0.4) is 0 Å². The molecule has 1 aromatic carbocycles. The van der Waals surface area contributed by atoms with Crippen molar-refractivity contribution in [1.29, 1.82) is 0 Å². The van der Waals surface area contributed by atoms with Gasteiger partial charge in [0, 0.05) is 12.0 Å². The van der Waals surface area contributed by atoms with E-state index < -0.39 is 0 Å². The molecule has 0 atom stereocenters. The van der Waals surface area contributed by atoms with E-state index in [-0.39, 0.29) is 11.6 Å². The number of benzene rings is 1. The minimum absolute atomic E-state index is 0.181. The first-order chi connectivity index (χ1) is 7.77. The maximum Gasteiger partial charge on any atom is 0.158 e. The summed E-state index contributed by atoms with van der Waals surface area (Å²) in [5.41, 5.74) is 1.30. The highest BCUT2D eigenvalue weighted by Gasteiger charge is 2.13. The molecule has 0 spiro atoms. The van der Waals surface area contributed by atoms with Crippen LogP contribution in [0.5, 0.6) is 0 Å². The maximum atomic E-state index is 13.4. The van der Waals surface area contributed by atoms with Gasteiger partial charge in [0.15, 0.2) is 5.78 Å². The van der Waals surface area contributed by atoms with Gasteiger partial charge in [-0.05, 0) is 37.0 Å². The molecule has 0 saturated heterocycles. The van der Waals surface area contributed by atoms with E-state index >= 15 is 0 Å². The van der Waals surface area contributed by atoms with Gasteiger partial charge in [-0.15, -0.1) is 0 Å². The van der Waals surface area contributed by atoms with Gasteiger partial charge in [0.1, 0.15) is 5.82 Å². The summed E-state index contributed by atoms with van der Waals surface area (Å²) in [5.74, 6) is -0.0761. The lowest BCUT2D eigenvalue weighted by Gasteiger charge is -2.02. The third-order valence-electron chi connectivity index (χ3n) is 2.94. The number of ketones is 1. The molecule has 0 heterocycles. The third-order valence-corrected chi connectivity index (χ3v) is 2.94. The first-order valence-corrected chi connectivity index (χ1v) is 5.75. The molecule has 1 nitrogen and oxygen atoms in total. The molecule has 1 saturated carbocycles. The standard InChI is InChI=1S/C14H15FO/c15-13-8-5-4-6-11(13)10-12-7-2-1-3-9-14(12)16/h4-6,8,10H,1-3,7,9H2. The fourth-order valence-corrected chi connectivity index (χ4v) is 2.01. The van der Waals surface area contributed by atoms with Crippen LogP contribution < -0.4 is 0 Å². The molecule has 0 radical (unpaired) electrons. The van der Waals surface area contributed by atoms with Gasteiger partial charge in [0.05, 0.1) is 0 Å². The van der Waals surface area contributed by atoms with E-state index in [1.165, 1.54) is 6.07 Å². The minimum Gasteiger partial charge on any atom is -0.295 e. The summed E-state index contributed by atoms with van der Waals surface area (Å²) in [4.78, 5) is 11.7. The first-order valence-electron chi connectivity index (χ1n) is 5.75. The van der Waals surface area contributed by atoms with Gasteiger partial charge < -0.3 is 0 Å². The highest BCUT2D eigenvalue weighted by atomic mass is 19.1. The van der Waals surface area contributed by atoms with Crippen molar-refractivity contribution in [3.05, 3.63) is 41.2 Å². The predicted molar refractivity (Wildman–Crippen MR) is 62.5 cm³/mol. The molecule has 0 aromatic heterocycles. The normalized spacial score (nSPS) is 19.8. The second-order valence-electron chi connectivity index (χ2n) is 4.17. The van der Waals surface area contributed by atoms with Crippen LogP contribution >= 0.6 is 0 Å². The number of hydrogen-bond acceptors (Lipinski definition) is 1. The molecule has 1 aliphatic rings. The van der Waals surface area contributed by atoms with Crippen molar-refractivity contribution in [2.24, 2.45) is 0 Å². The fraction of sp³-hybridized carbons (Fsp3) is 0.357. The van der Waals surface area contributed by atoms with Crippen LogP contribution in [0.25, 0.3) is 6.08 Å². The fourth-order valence-electron chi connectivity index (χ4n) is 2.01. The predicted octanol–water partition coefficient (Wildman–Crippen LogP) is 3.74. The van der Waals surface area contributed by atoms with Gasteiger partial charge in [0.25, 0.3) is 0 Å². The van der Waals surface area contributed by atoms with Crippen molar-refractivity contribution in [1.82, 2.24) is 0 Å². The summed E-state index contributed by atoms with van der Waals surface area (Å²) in [6, 6.07) is 6.58. The Morgan fingerprint density at radius 2 is 1.81 bits per heavy atom. The Balaban J connectivity index is 2.28. The smallest absolute Gasteiger partial charge is 0.158 e. The minimum atomic E-state index is -0.257. The van der Waals surface area contributed by atoms with Gasteiger partial charge in [-0.1, -0.05) is 24.6 Å². The summed E-state index contributed by atoms with van der Waals surface area (Å²) < 4.78 is 13.4. The number of Topliss-reactive ketones (excluding diaryl/α,β-unsaturated/α-hetero) is 1. The zero-order valence-electron chi connectivity index (χ0n) is 9.21. The van der Waals surface area contributed by atoms with Crippen molar-refractivity contribution in [2.45, 2.75) is 32.1 Å². The number of allylic oxidation sites excluding steroid dienone is 1. The van der Waals surface area contributed by atoms with E-state index in [2.05, 4.69) is 0 Å². The van der Waals surface area contributed by atoms with E-state index in [0.29, 0.717) is 12.0 Å². The number of rotatable bonds is 1. The summed E-state index contributed by atoms with van der Waals surface area (Å²) >= 11 is 0. The van der Waals surface area contributed by atoms with Gasteiger partial charge in [-0.2, -0.15) is 0 Å². The molecular weight excluding hydrogens is 203 g/mol. The molecule has 2 heteroatoms. The van der Waals surface area contributed by atoms with E-state index in [1.807, 2.05) is 0 Å². The van der Waals surface area contributed by atoms with Crippen molar-refractivity contribution in [3.8, 4) is 0 Å². The molecule has 0 amide bonds. The second kappa shape index (κ2) is 5.06. The Kier molecular flexibility index (Phi) is 3.50. The summed E-state index contributed by atoms with van der Waals surface area (Å²) in [6.45, 7) is 0. The Hall–Kier alpha value is -1.44. The lowest BCUT2D eigenvalue weighted by Crippen LogP contribution is -1.99. The Morgan fingerprint density at radius 3 is 2.62 bits per heavy atom. The quantitative estimate of drug-likeness (QED) is 0.518. The van der Waals surface area contributed by atoms with Gasteiger partial charge >= 0.3 is 0 Å². The molecule has 0 aliphatic heterocycles. The van der Waals surface area contributed by atoms with Crippen LogP contribution in [0.15, 0.2) is 29.8 Å². The molecule has 1 fully saturated rings. The molecule has 0 N–H and O–H groups in total. The summed E-state index contributed by atoms with van der Waals surface area (Å²) in [7, 11) is 0. The number of hydrogen-bond donors (Lipinski definition) is 0. The Bertz CT molecular complexity index is 420. The van der Waals surface area contributed by atoms with Crippen molar-refractivity contribution >= 4 is 11.9 Å². The highest BCUT2D eigenvalue weighted by Crippen LogP contribution is 2.22. The molecular formula is C14H15FO. The van der Waals surface area contributed by atoms with E-state index in [1.54, 1.807) is 24.3 Å². The maximum absolute atomic E-state index is 13.4. The lowest BCUT2D eigenvalue weighted by atomic mass is 10.0. The number of carbonyl (C=O) groups excluding carboxylic acids is 1. The topological polar surface area (TPSA) is 17.1 Å². The van der Waals surface area contributed by atoms with Crippen LogP contribution in [-0.2, 0) is 4.79 Å². The van der Waals surface area contributed by atoms with Crippen LogP contribution in [0.4, 0.5) is 4.39 Å². The molecule has 0 unspecified atom stereocenters. The van der Waals surface area contributed by atoms with Crippen LogP contribution in [-0.4, -0.2) is 5.78 Å². The zero-order chi connectivity index (χ0) is 11.4. The van der Waals surface area contributed by atoms with E-state index in [4.69, 9.17) is 0 Å². The Morgan fingerprint density at radius 1 is 1.06 bits per heavy atom. The highest BCUT2D eigenvalue weighted by molar-refractivity contribution is 5.99. The SMILES string of the molecule is O=C1CCCCCC1=Cc1ccccc1F. The molecule has 1 aromatic rings. The van der Waals surface area contributed by atoms with Crippen molar-refractivity contribution < 1.29 is 9.18 Å². The van der Waals surface area contributed by atoms with E-state index in [0.717, 1.165) is 31.3 Å². The van der Waals surface area contributed by atoms with Gasteiger partial charge in [-0.25, -0.2) is 4.39 Å². The van der Waals surface area contributed by atoms with Crippen LogP contribution in [0.1, 0.15) is 37.7 Å². The zero-order valence-corrected chi connectivity index (χ0v) is 9.21. The largest absolute Gasteiger partial charge is 0.295 e. The number of halogens is 1. The summed E-state index contributed by atoms with van der Waals surface area (Å²) in [6.07, 6.45) is 6.20. The van der Waals surface area contributed by atoms with Crippen molar-refractivity contribution in [2.75, 3.05) is 0 Å². The second-order valence-corrected chi connectivity index (χ2v) is 4.17. The van der Waals surface area contributed by atoms with E-state index in [9.17, 15) is 9.18 Å². The molecule has 1 aliphatic carbocycles. The van der Waals surface area contributed by atoms with Gasteiger partial charge in [-0.3, -0.25) is 4.79 Å². The molecule has 0 bridgehead atoms. The third kappa shape index (κ3) is 2.57. The first kappa shape index (κ1) is 11.1. The van der Waals surface area contributed by atoms with Crippen LogP contribution in [0, 0.1) is 5.82 Å². The Labute approximate surface area is 95.0 Å². The van der Waals surface area contributed by atoms with Gasteiger partial charge in [0.2, 0.25) is 0 Å². The lowest BCUT2D eigenvalue weighted by molar-refractivity contribution is -0.115. The molecule has 2 rings (SSSR count). The average Bonchev–Trinajstić information content (AvgIpc) is 2.48. The average molecular weight is 218 g/mol. The monoisotopic (exact) mass is 218 g/mol. The summed E-state index contributed by atoms with van der Waals surface area (Å²) in [5, 5.41) is 0.